The van der Waals surface area contributed by atoms with Gasteiger partial charge in [0.2, 0.25) is 0 Å². The molecule has 0 radical (unpaired) electrons. The fourth-order valence-corrected chi connectivity index (χ4v) is 2.16. The van der Waals surface area contributed by atoms with Crippen LogP contribution in [0.4, 0.5) is 4.79 Å². The Balaban J connectivity index is 4.42. The number of amides is 1. The van der Waals surface area contributed by atoms with Crippen LogP contribution < -0.4 is 5.32 Å². The van der Waals surface area contributed by atoms with Crippen molar-refractivity contribution in [1.29, 1.82) is 0 Å². The maximum Gasteiger partial charge on any atom is 0.408 e. The number of hydrogen-bond donors (Lipinski definition) is 2. The number of ether oxygens (including phenoxy) is 2. The third kappa shape index (κ3) is 10.9. The van der Waals surface area contributed by atoms with E-state index in [1.165, 1.54) is 11.8 Å². The lowest BCUT2D eigenvalue weighted by atomic mass is 10.2. The first-order valence-electron chi connectivity index (χ1n) is 6.61. The predicted octanol–water partition coefficient (Wildman–Crippen LogP) is 1.65. The van der Waals surface area contributed by atoms with Crippen LogP contribution >= 0.6 is 11.8 Å². The zero-order valence-electron chi connectivity index (χ0n) is 12.8. The number of esters is 1. The third-order valence-electron chi connectivity index (χ3n) is 2.01. The summed E-state index contributed by atoms with van der Waals surface area (Å²) in [7, 11) is 0. The molecule has 1 atom stereocenters. The van der Waals surface area contributed by atoms with Crippen LogP contribution in [0.1, 0.15) is 34.1 Å². The molecule has 0 spiro atoms. The second kappa shape index (κ2) is 9.49. The number of carbonyl (C=O) groups is 3. The van der Waals surface area contributed by atoms with Crippen LogP contribution in [0.2, 0.25) is 0 Å². The summed E-state index contributed by atoms with van der Waals surface area (Å²) >= 11 is 1.25. The van der Waals surface area contributed by atoms with E-state index >= 15 is 0 Å². The Morgan fingerprint density at radius 3 is 2.38 bits per heavy atom. The van der Waals surface area contributed by atoms with Gasteiger partial charge < -0.3 is 19.9 Å². The van der Waals surface area contributed by atoms with E-state index in [4.69, 9.17) is 14.6 Å². The van der Waals surface area contributed by atoms with Gasteiger partial charge in [0, 0.05) is 11.5 Å². The summed E-state index contributed by atoms with van der Waals surface area (Å²) in [6.45, 7) is 7.01. The Hall–Kier alpha value is -1.44. The summed E-state index contributed by atoms with van der Waals surface area (Å²) in [5.74, 6) is -0.895. The van der Waals surface area contributed by atoms with Gasteiger partial charge in [-0.05, 0) is 27.7 Å². The second-order valence-electron chi connectivity index (χ2n) is 5.17. The van der Waals surface area contributed by atoms with Gasteiger partial charge in [-0.3, -0.25) is 4.79 Å². The van der Waals surface area contributed by atoms with Crippen molar-refractivity contribution in [2.75, 3.05) is 18.1 Å². The molecule has 0 aromatic carbocycles. The molecule has 0 fully saturated rings. The number of rotatable bonds is 8. The van der Waals surface area contributed by atoms with Gasteiger partial charge >= 0.3 is 18.0 Å². The molecule has 0 aromatic heterocycles. The van der Waals surface area contributed by atoms with E-state index < -0.39 is 29.7 Å². The molecule has 0 heterocycles. The Morgan fingerprint density at radius 1 is 1.29 bits per heavy atom. The molecule has 0 aliphatic heterocycles. The van der Waals surface area contributed by atoms with Crippen LogP contribution in [0.15, 0.2) is 0 Å². The largest absolute Gasteiger partial charge is 0.481 e. The van der Waals surface area contributed by atoms with Gasteiger partial charge in [-0.2, -0.15) is 11.8 Å². The van der Waals surface area contributed by atoms with E-state index in [-0.39, 0.29) is 18.8 Å². The van der Waals surface area contributed by atoms with Crippen LogP contribution in [-0.4, -0.2) is 52.9 Å². The highest BCUT2D eigenvalue weighted by molar-refractivity contribution is 7.99. The lowest BCUT2D eigenvalue weighted by Crippen LogP contribution is -2.45. The van der Waals surface area contributed by atoms with Gasteiger partial charge in [0.05, 0.1) is 13.0 Å². The van der Waals surface area contributed by atoms with E-state index in [2.05, 4.69) is 5.32 Å². The van der Waals surface area contributed by atoms with Gasteiger partial charge in [-0.25, -0.2) is 9.59 Å². The smallest absolute Gasteiger partial charge is 0.408 e. The van der Waals surface area contributed by atoms with Crippen molar-refractivity contribution in [1.82, 2.24) is 5.32 Å². The van der Waals surface area contributed by atoms with Gasteiger partial charge in [0.1, 0.15) is 11.6 Å². The van der Waals surface area contributed by atoms with Crippen LogP contribution in [-0.2, 0) is 19.1 Å². The molecule has 0 aromatic rings. The van der Waals surface area contributed by atoms with Crippen molar-refractivity contribution < 1.29 is 29.0 Å². The fraction of sp³-hybridized carbons (Fsp3) is 0.769. The topological polar surface area (TPSA) is 102 Å². The van der Waals surface area contributed by atoms with E-state index in [0.717, 1.165) is 0 Å². The monoisotopic (exact) mass is 321 g/mol. The van der Waals surface area contributed by atoms with E-state index in [1.807, 2.05) is 0 Å². The lowest BCUT2D eigenvalue weighted by molar-refractivity contribution is -0.145. The van der Waals surface area contributed by atoms with Crippen LogP contribution in [0, 0.1) is 0 Å². The number of nitrogens with one attached hydrogen (secondary N) is 1. The van der Waals surface area contributed by atoms with Gasteiger partial charge in [-0.1, -0.05) is 0 Å². The molecule has 0 saturated heterocycles. The molecule has 0 aliphatic rings. The molecule has 7 nitrogen and oxygen atoms in total. The summed E-state index contributed by atoms with van der Waals surface area (Å²) in [5.41, 5.74) is -0.667. The molecule has 1 amide bonds. The van der Waals surface area contributed by atoms with E-state index in [0.29, 0.717) is 5.75 Å². The summed E-state index contributed by atoms with van der Waals surface area (Å²) in [6.07, 6.45) is -0.716. The molecule has 1 unspecified atom stereocenters. The van der Waals surface area contributed by atoms with Crippen molar-refractivity contribution in [2.45, 2.75) is 45.8 Å². The fourth-order valence-electron chi connectivity index (χ4n) is 1.22. The molecule has 122 valence electrons. The Labute approximate surface area is 128 Å². The van der Waals surface area contributed by atoms with Crippen molar-refractivity contribution in [3.8, 4) is 0 Å². The van der Waals surface area contributed by atoms with E-state index in [1.54, 1.807) is 27.7 Å². The first-order valence-corrected chi connectivity index (χ1v) is 7.77. The lowest BCUT2D eigenvalue weighted by Gasteiger charge is -2.22. The Kier molecular flexibility index (Phi) is 8.84. The average Bonchev–Trinajstić information content (AvgIpc) is 2.30. The highest BCUT2D eigenvalue weighted by Crippen LogP contribution is 2.10. The summed E-state index contributed by atoms with van der Waals surface area (Å²) in [4.78, 5) is 33.8. The first-order chi connectivity index (χ1) is 9.65. The SMILES string of the molecule is CCOC(=O)C(CSCCC(=O)O)NC(=O)OC(C)(C)C. The first kappa shape index (κ1) is 19.6. The Bertz CT molecular complexity index is 366. The summed E-state index contributed by atoms with van der Waals surface area (Å²) in [6, 6.07) is -0.862. The minimum Gasteiger partial charge on any atom is -0.481 e. The highest BCUT2D eigenvalue weighted by atomic mass is 32.2. The molecule has 0 bridgehead atoms. The number of carboxylic acid groups (broad SMARTS) is 1. The zero-order valence-corrected chi connectivity index (χ0v) is 13.6. The number of hydrogen-bond acceptors (Lipinski definition) is 6. The third-order valence-corrected chi connectivity index (χ3v) is 3.07. The molecular formula is C13H23NO6S. The maximum atomic E-state index is 11.8. The molecule has 0 saturated carbocycles. The number of thioether (sulfide) groups is 1. The quantitative estimate of drug-likeness (QED) is 0.517. The molecule has 2 N–H and O–H groups in total. The molecule has 0 aliphatic carbocycles. The van der Waals surface area contributed by atoms with Crippen molar-refractivity contribution in [3.63, 3.8) is 0 Å². The van der Waals surface area contributed by atoms with Crippen molar-refractivity contribution in [2.24, 2.45) is 0 Å². The number of carboxylic acids is 1. The highest BCUT2D eigenvalue weighted by Gasteiger charge is 2.25. The van der Waals surface area contributed by atoms with Crippen LogP contribution in [0.3, 0.4) is 0 Å². The number of aliphatic carboxylic acids is 1. The maximum absolute atomic E-state index is 11.8. The number of alkyl carbamates (subject to hydrolysis) is 1. The standard InChI is InChI=1S/C13H23NO6S/c1-5-19-11(17)9(8-21-7-6-10(15)16)14-12(18)20-13(2,3)4/h9H,5-8H2,1-4H3,(H,14,18)(H,15,16). The molecule has 21 heavy (non-hydrogen) atoms. The minimum atomic E-state index is -0.907. The molecule has 8 heteroatoms. The zero-order chi connectivity index (χ0) is 16.5. The van der Waals surface area contributed by atoms with E-state index in [9.17, 15) is 14.4 Å². The summed E-state index contributed by atoms with van der Waals surface area (Å²) in [5, 5.41) is 11.0. The van der Waals surface area contributed by atoms with Crippen LogP contribution in [0.5, 0.6) is 0 Å². The van der Waals surface area contributed by atoms with Crippen molar-refractivity contribution in [3.05, 3.63) is 0 Å². The summed E-state index contributed by atoms with van der Waals surface area (Å²) < 4.78 is 9.95. The number of carbonyl (C=O) groups excluding carboxylic acids is 2. The Morgan fingerprint density at radius 2 is 1.90 bits per heavy atom. The van der Waals surface area contributed by atoms with Gasteiger partial charge in [0.15, 0.2) is 0 Å². The molecule has 0 rings (SSSR count). The van der Waals surface area contributed by atoms with Gasteiger partial charge in [-0.15, -0.1) is 0 Å². The normalized spacial score (nSPS) is 12.4. The minimum absolute atomic E-state index is 0.00729. The average molecular weight is 321 g/mol. The van der Waals surface area contributed by atoms with Crippen molar-refractivity contribution >= 4 is 29.8 Å². The molecular weight excluding hydrogens is 298 g/mol. The van der Waals surface area contributed by atoms with Crippen LogP contribution in [0.25, 0.3) is 0 Å². The second-order valence-corrected chi connectivity index (χ2v) is 6.32. The predicted molar refractivity (Wildman–Crippen MR) is 79.4 cm³/mol. The van der Waals surface area contributed by atoms with Gasteiger partial charge in [0.25, 0.3) is 0 Å².